The van der Waals surface area contributed by atoms with Crippen molar-refractivity contribution >= 4 is 12.0 Å². The quantitative estimate of drug-likeness (QED) is 0.424. The highest BCUT2D eigenvalue weighted by Gasteiger charge is 2.03. The molecule has 2 aromatic carbocycles. The van der Waals surface area contributed by atoms with E-state index in [2.05, 4.69) is 13.8 Å². The normalized spacial score (nSPS) is 10.7. The van der Waals surface area contributed by atoms with E-state index < -0.39 is 5.97 Å². The van der Waals surface area contributed by atoms with Gasteiger partial charge >= 0.3 is 5.97 Å². The van der Waals surface area contributed by atoms with Crippen LogP contribution in [0.5, 0.6) is 11.5 Å². The number of carbonyl (C=O) groups excluding carboxylic acids is 1. The molecule has 0 N–H and O–H groups in total. The molecule has 3 nitrogen and oxygen atoms in total. The minimum absolute atomic E-state index is 0.403. The molecule has 0 heterocycles. The SMILES string of the molecule is CCCOc1ccccc1/C=C/C(=O)Oc1ccc(CC)cc1. The van der Waals surface area contributed by atoms with Crippen molar-refractivity contribution in [2.24, 2.45) is 0 Å². The van der Waals surface area contributed by atoms with Gasteiger partial charge in [0.15, 0.2) is 0 Å². The lowest BCUT2D eigenvalue weighted by Gasteiger charge is -2.07. The van der Waals surface area contributed by atoms with Gasteiger partial charge in [-0.05, 0) is 42.7 Å². The summed E-state index contributed by atoms with van der Waals surface area (Å²) < 4.78 is 10.9. The Bertz CT molecular complexity index is 657. The second-order valence-corrected chi connectivity index (χ2v) is 5.14. The second kappa shape index (κ2) is 8.79. The third-order valence-corrected chi connectivity index (χ3v) is 3.33. The molecular weight excluding hydrogens is 288 g/mol. The monoisotopic (exact) mass is 310 g/mol. The molecule has 0 aliphatic heterocycles. The number of rotatable bonds is 7. The summed E-state index contributed by atoms with van der Waals surface area (Å²) in [4.78, 5) is 11.9. The first-order valence-corrected chi connectivity index (χ1v) is 7.93. The molecule has 0 bridgehead atoms. The van der Waals surface area contributed by atoms with E-state index in [0.29, 0.717) is 12.4 Å². The summed E-state index contributed by atoms with van der Waals surface area (Å²) in [5.41, 5.74) is 2.07. The first-order chi connectivity index (χ1) is 11.2. The Morgan fingerprint density at radius 2 is 1.78 bits per heavy atom. The van der Waals surface area contributed by atoms with Gasteiger partial charge in [-0.15, -0.1) is 0 Å². The maximum atomic E-state index is 11.9. The van der Waals surface area contributed by atoms with Crippen LogP contribution >= 0.6 is 0 Å². The summed E-state index contributed by atoms with van der Waals surface area (Å²) in [5.74, 6) is 0.914. The van der Waals surface area contributed by atoms with Crippen LogP contribution in [0.3, 0.4) is 0 Å². The van der Waals surface area contributed by atoms with Crippen molar-refractivity contribution in [2.45, 2.75) is 26.7 Å². The van der Waals surface area contributed by atoms with Crippen molar-refractivity contribution < 1.29 is 14.3 Å². The molecule has 0 spiro atoms. The van der Waals surface area contributed by atoms with E-state index >= 15 is 0 Å². The van der Waals surface area contributed by atoms with E-state index in [1.807, 2.05) is 48.5 Å². The number of para-hydroxylation sites is 1. The van der Waals surface area contributed by atoms with Crippen LogP contribution in [0, 0.1) is 0 Å². The van der Waals surface area contributed by atoms with Gasteiger partial charge in [-0.2, -0.15) is 0 Å². The Labute approximate surface area is 137 Å². The molecule has 120 valence electrons. The highest BCUT2D eigenvalue weighted by molar-refractivity contribution is 5.89. The topological polar surface area (TPSA) is 35.5 Å². The zero-order valence-electron chi connectivity index (χ0n) is 13.6. The molecule has 2 rings (SSSR count). The molecule has 0 saturated carbocycles. The number of ether oxygens (including phenoxy) is 2. The van der Waals surface area contributed by atoms with Crippen LogP contribution < -0.4 is 9.47 Å². The maximum Gasteiger partial charge on any atom is 0.336 e. The van der Waals surface area contributed by atoms with Gasteiger partial charge in [-0.1, -0.05) is 44.2 Å². The lowest BCUT2D eigenvalue weighted by atomic mass is 10.2. The Morgan fingerprint density at radius 1 is 1.04 bits per heavy atom. The van der Waals surface area contributed by atoms with Crippen LogP contribution in [0.2, 0.25) is 0 Å². The van der Waals surface area contributed by atoms with Crippen LogP contribution in [0.4, 0.5) is 0 Å². The zero-order valence-corrected chi connectivity index (χ0v) is 13.6. The fraction of sp³-hybridized carbons (Fsp3) is 0.250. The van der Waals surface area contributed by atoms with Crippen molar-refractivity contribution in [2.75, 3.05) is 6.61 Å². The minimum atomic E-state index is -0.403. The first kappa shape index (κ1) is 16.8. The van der Waals surface area contributed by atoms with Crippen LogP contribution in [0.15, 0.2) is 54.6 Å². The third kappa shape index (κ3) is 5.29. The van der Waals surface area contributed by atoms with Crippen molar-refractivity contribution in [3.8, 4) is 11.5 Å². The number of benzene rings is 2. The van der Waals surface area contributed by atoms with Gasteiger partial charge in [0.2, 0.25) is 0 Å². The van der Waals surface area contributed by atoms with Crippen molar-refractivity contribution in [3.63, 3.8) is 0 Å². The first-order valence-electron chi connectivity index (χ1n) is 7.93. The predicted octanol–water partition coefficient (Wildman–Crippen LogP) is 4.66. The minimum Gasteiger partial charge on any atom is -0.493 e. The fourth-order valence-electron chi connectivity index (χ4n) is 2.06. The summed E-state index contributed by atoms with van der Waals surface area (Å²) in [7, 11) is 0. The number of hydrogen-bond acceptors (Lipinski definition) is 3. The molecule has 0 unspecified atom stereocenters. The van der Waals surface area contributed by atoms with Crippen LogP contribution in [-0.4, -0.2) is 12.6 Å². The molecule has 3 heteroatoms. The number of hydrogen-bond donors (Lipinski definition) is 0. The molecule has 0 atom stereocenters. The van der Waals surface area contributed by atoms with Gasteiger partial charge in [0.1, 0.15) is 11.5 Å². The lowest BCUT2D eigenvalue weighted by Crippen LogP contribution is -2.03. The van der Waals surface area contributed by atoms with Gasteiger partial charge in [-0.25, -0.2) is 4.79 Å². The van der Waals surface area contributed by atoms with Gasteiger partial charge in [0.05, 0.1) is 6.61 Å². The average Bonchev–Trinajstić information content (AvgIpc) is 2.59. The van der Waals surface area contributed by atoms with Crippen molar-refractivity contribution in [3.05, 3.63) is 65.7 Å². The Balaban J connectivity index is 2.00. The van der Waals surface area contributed by atoms with Crippen LogP contribution in [0.1, 0.15) is 31.4 Å². The lowest BCUT2D eigenvalue weighted by molar-refractivity contribution is -0.128. The summed E-state index contributed by atoms with van der Waals surface area (Å²) in [5, 5.41) is 0. The third-order valence-electron chi connectivity index (χ3n) is 3.33. The molecule has 2 aromatic rings. The molecule has 0 saturated heterocycles. The number of carbonyl (C=O) groups is 1. The van der Waals surface area contributed by atoms with E-state index in [0.717, 1.165) is 24.2 Å². The van der Waals surface area contributed by atoms with Gasteiger partial charge in [0.25, 0.3) is 0 Å². The van der Waals surface area contributed by atoms with Crippen molar-refractivity contribution in [1.29, 1.82) is 0 Å². The Hall–Kier alpha value is -2.55. The Kier molecular flexibility index (Phi) is 6.42. The molecule has 0 aliphatic carbocycles. The molecule has 0 aliphatic rings. The summed E-state index contributed by atoms with van der Waals surface area (Å²) >= 11 is 0. The summed E-state index contributed by atoms with van der Waals surface area (Å²) in [6.45, 7) is 4.79. The second-order valence-electron chi connectivity index (χ2n) is 5.14. The van der Waals surface area contributed by atoms with Crippen LogP contribution in [0.25, 0.3) is 6.08 Å². The largest absolute Gasteiger partial charge is 0.493 e. The molecular formula is C20H22O3. The van der Waals surface area contributed by atoms with Gasteiger partial charge < -0.3 is 9.47 Å². The van der Waals surface area contributed by atoms with Gasteiger partial charge in [-0.3, -0.25) is 0 Å². The number of esters is 1. The molecule has 0 radical (unpaired) electrons. The fourth-order valence-corrected chi connectivity index (χ4v) is 2.06. The van der Waals surface area contributed by atoms with E-state index in [-0.39, 0.29) is 0 Å². The summed E-state index contributed by atoms with van der Waals surface area (Å²) in [6.07, 6.45) is 5.03. The van der Waals surface area contributed by atoms with Gasteiger partial charge in [0, 0.05) is 11.6 Å². The predicted molar refractivity (Wildman–Crippen MR) is 92.7 cm³/mol. The van der Waals surface area contributed by atoms with E-state index in [1.54, 1.807) is 6.08 Å². The van der Waals surface area contributed by atoms with Crippen LogP contribution in [-0.2, 0) is 11.2 Å². The van der Waals surface area contributed by atoms with E-state index in [9.17, 15) is 4.79 Å². The smallest absolute Gasteiger partial charge is 0.336 e. The molecule has 0 fully saturated rings. The highest BCUT2D eigenvalue weighted by Crippen LogP contribution is 2.20. The summed E-state index contributed by atoms with van der Waals surface area (Å²) in [6, 6.07) is 15.2. The molecule has 23 heavy (non-hydrogen) atoms. The zero-order chi connectivity index (χ0) is 16.5. The van der Waals surface area contributed by atoms with E-state index in [1.165, 1.54) is 11.6 Å². The standard InChI is InChI=1S/C20H22O3/c1-3-15-22-19-8-6-5-7-17(19)11-14-20(21)23-18-12-9-16(4-2)10-13-18/h5-14H,3-4,15H2,1-2H3/b14-11+. The van der Waals surface area contributed by atoms with E-state index in [4.69, 9.17) is 9.47 Å². The Morgan fingerprint density at radius 3 is 2.48 bits per heavy atom. The highest BCUT2D eigenvalue weighted by atomic mass is 16.5. The number of aryl methyl sites for hydroxylation is 1. The molecule has 0 amide bonds. The average molecular weight is 310 g/mol. The van der Waals surface area contributed by atoms with Crippen molar-refractivity contribution in [1.82, 2.24) is 0 Å². The maximum absolute atomic E-state index is 11.9. The molecule has 0 aromatic heterocycles.